The number of ether oxygens (including phenoxy) is 2. The minimum Gasteiger partial charge on any atom is -0.458 e. The van der Waals surface area contributed by atoms with Crippen LogP contribution in [0.1, 0.15) is 47.5 Å². The minimum absolute atomic E-state index is 0.0633. The Morgan fingerprint density at radius 2 is 1.93 bits per heavy atom. The van der Waals surface area contributed by atoms with Gasteiger partial charge in [-0.15, -0.1) is 0 Å². The first-order valence-corrected chi connectivity index (χ1v) is 5.47. The van der Waals surface area contributed by atoms with E-state index in [4.69, 9.17) is 9.47 Å². The van der Waals surface area contributed by atoms with Crippen LogP contribution in [0.4, 0.5) is 0 Å². The average molecular weight is 198 g/mol. The van der Waals surface area contributed by atoms with Crippen LogP contribution in [0.5, 0.6) is 0 Å². The zero-order valence-electron chi connectivity index (χ0n) is 10.0. The molecule has 82 valence electrons. The van der Waals surface area contributed by atoms with Gasteiger partial charge in [0.15, 0.2) is 0 Å². The molecule has 2 heteroatoms. The molecule has 0 amide bonds. The van der Waals surface area contributed by atoms with E-state index in [0.717, 1.165) is 17.9 Å². The molecule has 0 bridgehead atoms. The Balaban J connectivity index is 2.82. The zero-order chi connectivity index (χ0) is 10.8. The average Bonchev–Trinajstić information content (AvgIpc) is 2.50. The van der Waals surface area contributed by atoms with E-state index in [0.29, 0.717) is 12.7 Å². The van der Waals surface area contributed by atoms with Crippen LogP contribution in [0.25, 0.3) is 0 Å². The highest BCUT2D eigenvalue weighted by Gasteiger charge is 2.31. The molecule has 0 N–H and O–H groups in total. The van der Waals surface area contributed by atoms with Gasteiger partial charge in [-0.2, -0.15) is 0 Å². The lowest BCUT2D eigenvalue weighted by Crippen LogP contribution is -2.13. The van der Waals surface area contributed by atoms with Crippen molar-refractivity contribution in [3.63, 3.8) is 0 Å². The van der Waals surface area contributed by atoms with Crippen LogP contribution in [0.2, 0.25) is 0 Å². The van der Waals surface area contributed by atoms with Crippen molar-refractivity contribution in [3.8, 4) is 0 Å². The fraction of sp³-hybridized carbons (Fsp3) is 0.833. The Morgan fingerprint density at radius 1 is 1.29 bits per heavy atom. The van der Waals surface area contributed by atoms with E-state index in [-0.39, 0.29) is 5.41 Å². The summed E-state index contributed by atoms with van der Waals surface area (Å²) in [5.74, 6) is 2.59. The number of rotatable bonds is 3. The molecule has 1 aliphatic rings. The third-order valence-electron chi connectivity index (χ3n) is 2.49. The van der Waals surface area contributed by atoms with E-state index in [2.05, 4.69) is 34.6 Å². The molecule has 0 aromatic heterocycles. The molecule has 0 aliphatic carbocycles. The third-order valence-corrected chi connectivity index (χ3v) is 2.49. The van der Waals surface area contributed by atoms with Gasteiger partial charge in [0, 0.05) is 11.3 Å². The Bertz CT molecular complexity index is 223. The van der Waals surface area contributed by atoms with Crippen LogP contribution >= 0.6 is 0 Å². The van der Waals surface area contributed by atoms with Crippen molar-refractivity contribution in [2.75, 3.05) is 6.79 Å². The van der Waals surface area contributed by atoms with Crippen LogP contribution < -0.4 is 0 Å². The standard InChI is InChI=1S/C12H22O2/c1-6-7-9(2)10-11(12(3,4)5)14-8-13-10/h9H,6-8H2,1-5H3. The van der Waals surface area contributed by atoms with Crippen molar-refractivity contribution in [3.05, 3.63) is 11.5 Å². The van der Waals surface area contributed by atoms with Crippen LogP contribution in [0, 0.1) is 11.3 Å². The van der Waals surface area contributed by atoms with Gasteiger partial charge >= 0.3 is 0 Å². The highest BCUT2D eigenvalue weighted by atomic mass is 16.7. The van der Waals surface area contributed by atoms with Crippen LogP contribution in [0.3, 0.4) is 0 Å². The van der Waals surface area contributed by atoms with Gasteiger partial charge in [-0.3, -0.25) is 0 Å². The molecule has 1 rings (SSSR count). The summed E-state index contributed by atoms with van der Waals surface area (Å²) in [4.78, 5) is 0. The van der Waals surface area contributed by atoms with E-state index >= 15 is 0 Å². The summed E-state index contributed by atoms with van der Waals surface area (Å²) in [5, 5.41) is 0. The molecule has 1 atom stereocenters. The second kappa shape index (κ2) is 4.24. The molecule has 0 saturated carbocycles. The molecule has 0 fully saturated rings. The molecule has 0 saturated heterocycles. The Hall–Kier alpha value is -0.660. The van der Waals surface area contributed by atoms with E-state index in [1.807, 2.05) is 0 Å². The van der Waals surface area contributed by atoms with Gasteiger partial charge in [-0.05, 0) is 6.42 Å². The smallest absolute Gasteiger partial charge is 0.230 e. The minimum atomic E-state index is 0.0633. The molecule has 0 aromatic rings. The van der Waals surface area contributed by atoms with Gasteiger partial charge < -0.3 is 9.47 Å². The Labute approximate surface area is 87.3 Å². The summed E-state index contributed by atoms with van der Waals surface area (Å²) in [7, 11) is 0. The molecule has 0 spiro atoms. The quantitative estimate of drug-likeness (QED) is 0.688. The molecular weight excluding hydrogens is 176 g/mol. The highest BCUT2D eigenvalue weighted by molar-refractivity contribution is 5.13. The highest BCUT2D eigenvalue weighted by Crippen LogP contribution is 2.37. The predicted molar refractivity (Wildman–Crippen MR) is 57.6 cm³/mol. The van der Waals surface area contributed by atoms with Crippen LogP contribution in [-0.2, 0) is 9.47 Å². The van der Waals surface area contributed by atoms with Crippen LogP contribution in [0.15, 0.2) is 11.5 Å². The van der Waals surface area contributed by atoms with Crippen molar-refractivity contribution in [1.82, 2.24) is 0 Å². The molecule has 1 aliphatic heterocycles. The number of hydrogen-bond acceptors (Lipinski definition) is 2. The van der Waals surface area contributed by atoms with Gasteiger partial charge in [-0.25, -0.2) is 0 Å². The number of hydrogen-bond donors (Lipinski definition) is 0. The first-order chi connectivity index (χ1) is 6.46. The van der Waals surface area contributed by atoms with Gasteiger partial charge in [0.25, 0.3) is 0 Å². The van der Waals surface area contributed by atoms with Gasteiger partial charge in [0.1, 0.15) is 11.5 Å². The monoisotopic (exact) mass is 198 g/mol. The fourth-order valence-electron chi connectivity index (χ4n) is 1.80. The van der Waals surface area contributed by atoms with E-state index < -0.39 is 0 Å². The fourth-order valence-corrected chi connectivity index (χ4v) is 1.80. The van der Waals surface area contributed by atoms with Crippen LogP contribution in [-0.4, -0.2) is 6.79 Å². The number of allylic oxidation sites excluding steroid dienone is 2. The maximum absolute atomic E-state index is 5.56. The summed E-state index contributed by atoms with van der Waals surface area (Å²) >= 11 is 0. The maximum atomic E-state index is 5.56. The van der Waals surface area contributed by atoms with Crippen molar-refractivity contribution < 1.29 is 9.47 Å². The molecule has 14 heavy (non-hydrogen) atoms. The first kappa shape index (κ1) is 11.4. The normalized spacial score (nSPS) is 19.2. The van der Waals surface area contributed by atoms with E-state index in [9.17, 15) is 0 Å². The van der Waals surface area contributed by atoms with Crippen molar-refractivity contribution in [2.24, 2.45) is 11.3 Å². The summed E-state index contributed by atoms with van der Waals surface area (Å²) in [6, 6.07) is 0. The third kappa shape index (κ3) is 2.43. The molecule has 2 nitrogen and oxygen atoms in total. The van der Waals surface area contributed by atoms with E-state index in [1.165, 1.54) is 6.42 Å². The molecule has 1 unspecified atom stereocenters. The second-order valence-corrected chi connectivity index (χ2v) is 5.04. The molecule has 1 heterocycles. The molecular formula is C12H22O2. The molecule has 0 radical (unpaired) electrons. The largest absolute Gasteiger partial charge is 0.458 e. The lowest BCUT2D eigenvalue weighted by molar-refractivity contribution is 0.0508. The summed E-state index contributed by atoms with van der Waals surface area (Å²) in [6.45, 7) is 11.3. The Kier molecular flexibility index (Phi) is 3.46. The lowest BCUT2D eigenvalue weighted by atomic mass is 9.89. The first-order valence-electron chi connectivity index (χ1n) is 5.47. The summed E-state index contributed by atoms with van der Waals surface area (Å²) in [6.07, 6.45) is 2.35. The van der Waals surface area contributed by atoms with E-state index in [1.54, 1.807) is 0 Å². The van der Waals surface area contributed by atoms with Gasteiger partial charge in [0.2, 0.25) is 6.79 Å². The lowest BCUT2D eigenvalue weighted by Gasteiger charge is -2.20. The van der Waals surface area contributed by atoms with Gasteiger partial charge in [-0.1, -0.05) is 41.0 Å². The molecule has 0 aromatic carbocycles. The second-order valence-electron chi connectivity index (χ2n) is 5.04. The topological polar surface area (TPSA) is 18.5 Å². The Morgan fingerprint density at radius 3 is 2.43 bits per heavy atom. The zero-order valence-corrected chi connectivity index (χ0v) is 10.0. The van der Waals surface area contributed by atoms with Crippen molar-refractivity contribution in [1.29, 1.82) is 0 Å². The van der Waals surface area contributed by atoms with Crippen molar-refractivity contribution in [2.45, 2.75) is 47.5 Å². The summed E-state index contributed by atoms with van der Waals surface area (Å²) in [5.41, 5.74) is 0.0633. The van der Waals surface area contributed by atoms with Gasteiger partial charge in [0.05, 0.1) is 0 Å². The van der Waals surface area contributed by atoms with Crippen molar-refractivity contribution >= 4 is 0 Å². The SMILES string of the molecule is CCCC(C)C1=C(C(C)(C)C)OCO1. The maximum Gasteiger partial charge on any atom is 0.230 e. The summed E-state index contributed by atoms with van der Waals surface area (Å²) < 4.78 is 11.1. The predicted octanol–water partition coefficient (Wildman–Crippen LogP) is 3.68.